The van der Waals surface area contributed by atoms with Crippen molar-refractivity contribution in [3.63, 3.8) is 0 Å². The van der Waals surface area contributed by atoms with Crippen LogP contribution < -0.4 is 4.90 Å². The molecule has 1 fully saturated rings. The van der Waals surface area contributed by atoms with E-state index in [1.807, 2.05) is 6.92 Å². The fourth-order valence-corrected chi connectivity index (χ4v) is 2.80. The number of aliphatic hydroxyl groups excluding tert-OH is 1. The fraction of sp³-hybridized carbons (Fsp3) is 0.533. The minimum atomic E-state index is -4.38. The predicted octanol–water partition coefficient (Wildman–Crippen LogP) is 2.17. The first kappa shape index (κ1) is 16.6. The summed E-state index contributed by atoms with van der Waals surface area (Å²) in [5, 5.41) is 9.18. The lowest BCUT2D eigenvalue weighted by molar-refractivity contribution is -0.157. The first-order valence-electron chi connectivity index (χ1n) is 7.17. The van der Waals surface area contributed by atoms with Crippen molar-refractivity contribution in [3.8, 4) is 0 Å². The number of nitrogens with zero attached hydrogens (tertiary/aromatic N) is 2. The summed E-state index contributed by atoms with van der Waals surface area (Å²) in [4.78, 5) is 14.9. The molecule has 4 nitrogen and oxygen atoms in total. The Labute approximate surface area is 127 Å². The summed E-state index contributed by atoms with van der Waals surface area (Å²) in [6.45, 7) is 1.15. The summed E-state index contributed by atoms with van der Waals surface area (Å²) in [6.07, 6.45) is -4.01. The third-order valence-corrected chi connectivity index (χ3v) is 3.78. The number of rotatable bonds is 5. The Morgan fingerprint density at radius 2 is 2.14 bits per heavy atom. The first-order chi connectivity index (χ1) is 10.4. The number of carbonyl (C=O) groups excluding carboxylic acids is 1. The summed E-state index contributed by atoms with van der Waals surface area (Å²) >= 11 is 0. The topological polar surface area (TPSA) is 43.8 Å². The van der Waals surface area contributed by atoms with Crippen LogP contribution in [0.25, 0.3) is 0 Å². The second-order valence-corrected chi connectivity index (χ2v) is 5.29. The zero-order chi connectivity index (χ0) is 16.3. The van der Waals surface area contributed by atoms with Crippen LogP contribution in [0, 0.1) is 0 Å². The number of hydrogen-bond donors (Lipinski definition) is 1. The summed E-state index contributed by atoms with van der Waals surface area (Å²) in [7, 11) is 0. The van der Waals surface area contributed by atoms with Crippen LogP contribution in [0.3, 0.4) is 0 Å². The number of halogens is 3. The Bertz CT molecular complexity index is 534. The summed E-state index contributed by atoms with van der Waals surface area (Å²) in [6, 6.07) is 6.48. The van der Waals surface area contributed by atoms with Crippen molar-refractivity contribution < 1.29 is 23.1 Å². The Morgan fingerprint density at radius 1 is 1.41 bits per heavy atom. The van der Waals surface area contributed by atoms with Crippen LogP contribution in [0.15, 0.2) is 24.3 Å². The van der Waals surface area contributed by atoms with Gasteiger partial charge in [0.05, 0.1) is 6.61 Å². The highest BCUT2D eigenvalue weighted by atomic mass is 19.4. The van der Waals surface area contributed by atoms with Crippen LogP contribution in [0.2, 0.25) is 0 Å². The number of alkyl halides is 3. The molecule has 0 radical (unpaired) electrons. The number of likely N-dealkylation sites (tertiary alicyclic amines) is 1. The van der Waals surface area contributed by atoms with Gasteiger partial charge in [0, 0.05) is 18.8 Å². The maximum atomic E-state index is 12.5. The molecule has 1 aromatic rings. The van der Waals surface area contributed by atoms with Crippen molar-refractivity contribution in [3.05, 3.63) is 29.8 Å². The zero-order valence-electron chi connectivity index (χ0n) is 12.3. The molecule has 0 aromatic heterocycles. The molecular weight excluding hydrogens is 297 g/mol. The van der Waals surface area contributed by atoms with Gasteiger partial charge in [-0.2, -0.15) is 13.2 Å². The lowest BCUT2D eigenvalue weighted by Gasteiger charge is -2.29. The highest BCUT2D eigenvalue weighted by Crippen LogP contribution is 2.27. The van der Waals surface area contributed by atoms with Gasteiger partial charge in [0.1, 0.15) is 12.6 Å². The number of aliphatic hydroxyl groups is 1. The van der Waals surface area contributed by atoms with Gasteiger partial charge in [-0.3, -0.25) is 4.79 Å². The minimum Gasteiger partial charge on any atom is -0.392 e. The number of likely N-dealkylation sites (N-methyl/N-ethyl adjacent to an activating group) is 1. The van der Waals surface area contributed by atoms with Gasteiger partial charge in [0.15, 0.2) is 0 Å². The van der Waals surface area contributed by atoms with E-state index >= 15 is 0 Å². The standard InChI is InChI=1S/C15H19F3N2O2/c1-2-20(12-5-3-4-11(8-12)9-21)13-6-7-19(14(13)22)10-15(16,17)18/h3-5,8,13,21H,2,6-7,9-10H2,1H3/t13-/m1/s1. The molecule has 122 valence electrons. The molecule has 2 rings (SSSR count). The molecule has 22 heavy (non-hydrogen) atoms. The quantitative estimate of drug-likeness (QED) is 0.905. The summed E-state index contributed by atoms with van der Waals surface area (Å²) in [5.74, 6) is -0.492. The lowest BCUT2D eigenvalue weighted by Crippen LogP contribution is -2.44. The zero-order valence-corrected chi connectivity index (χ0v) is 12.3. The maximum absolute atomic E-state index is 12.5. The van der Waals surface area contributed by atoms with E-state index in [1.165, 1.54) is 0 Å². The molecule has 0 saturated carbocycles. The van der Waals surface area contributed by atoms with Crippen molar-refractivity contribution in [2.45, 2.75) is 32.2 Å². The van der Waals surface area contributed by atoms with Crippen LogP contribution in [0.1, 0.15) is 18.9 Å². The van der Waals surface area contributed by atoms with E-state index in [0.717, 1.165) is 10.6 Å². The lowest BCUT2D eigenvalue weighted by atomic mass is 10.1. The van der Waals surface area contributed by atoms with Crippen LogP contribution in [-0.4, -0.2) is 47.8 Å². The fourth-order valence-electron chi connectivity index (χ4n) is 2.80. The van der Waals surface area contributed by atoms with Crippen molar-refractivity contribution in [1.29, 1.82) is 0 Å². The molecule has 7 heteroatoms. The highest BCUT2D eigenvalue weighted by molar-refractivity contribution is 5.87. The second kappa shape index (κ2) is 6.56. The second-order valence-electron chi connectivity index (χ2n) is 5.29. The van der Waals surface area contributed by atoms with E-state index in [4.69, 9.17) is 0 Å². The van der Waals surface area contributed by atoms with E-state index in [2.05, 4.69) is 0 Å². The average molecular weight is 316 g/mol. The smallest absolute Gasteiger partial charge is 0.392 e. The van der Waals surface area contributed by atoms with Crippen LogP contribution >= 0.6 is 0 Å². The Kier molecular flexibility index (Phi) is 4.95. The Morgan fingerprint density at radius 3 is 2.73 bits per heavy atom. The number of anilines is 1. The number of hydrogen-bond acceptors (Lipinski definition) is 3. The van der Waals surface area contributed by atoms with Crippen LogP contribution in [0.4, 0.5) is 18.9 Å². The van der Waals surface area contributed by atoms with Gasteiger partial charge in [0.25, 0.3) is 0 Å². The van der Waals surface area contributed by atoms with E-state index in [-0.39, 0.29) is 13.2 Å². The molecule has 1 amide bonds. The van der Waals surface area contributed by atoms with Gasteiger partial charge in [0.2, 0.25) is 5.91 Å². The molecule has 1 aliphatic rings. The van der Waals surface area contributed by atoms with E-state index in [9.17, 15) is 23.1 Å². The van der Waals surface area contributed by atoms with E-state index in [1.54, 1.807) is 29.2 Å². The first-order valence-corrected chi connectivity index (χ1v) is 7.17. The average Bonchev–Trinajstić information content (AvgIpc) is 2.80. The summed E-state index contributed by atoms with van der Waals surface area (Å²) < 4.78 is 37.4. The minimum absolute atomic E-state index is 0.110. The van der Waals surface area contributed by atoms with Crippen LogP contribution in [-0.2, 0) is 11.4 Å². The van der Waals surface area contributed by atoms with Crippen molar-refractivity contribution >= 4 is 11.6 Å². The van der Waals surface area contributed by atoms with E-state index < -0.39 is 24.7 Å². The molecule has 1 aromatic carbocycles. The van der Waals surface area contributed by atoms with Crippen molar-refractivity contribution in [1.82, 2.24) is 4.90 Å². The molecule has 1 aliphatic heterocycles. The molecule has 0 unspecified atom stereocenters. The molecule has 1 atom stereocenters. The van der Waals surface area contributed by atoms with Gasteiger partial charge in [-0.05, 0) is 31.0 Å². The third kappa shape index (κ3) is 3.71. The Balaban J connectivity index is 2.16. The Hall–Kier alpha value is -1.76. The molecule has 0 aliphatic carbocycles. The number of carbonyl (C=O) groups is 1. The molecule has 1 saturated heterocycles. The van der Waals surface area contributed by atoms with Crippen LogP contribution in [0.5, 0.6) is 0 Å². The third-order valence-electron chi connectivity index (χ3n) is 3.78. The van der Waals surface area contributed by atoms with Gasteiger partial charge < -0.3 is 14.9 Å². The predicted molar refractivity (Wildman–Crippen MR) is 76.4 cm³/mol. The number of amides is 1. The normalized spacial score (nSPS) is 18.9. The van der Waals surface area contributed by atoms with Crippen molar-refractivity contribution in [2.24, 2.45) is 0 Å². The van der Waals surface area contributed by atoms with Gasteiger partial charge in [-0.25, -0.2) is 0 Å². The number of benzene rings is 1. The highest BCUT2D eigenvalue weighted by Gasteiger charge is 2.41. The molecule has 0 spiro atoms. The monoisotopic (exact) mass is 316 g/mol. The van der Waals surface area contributed by atoms with Gasteiger partial charge in [-0.15, -0.1) is 0 Å². The largest absolute Gasteiger partial charge is 0.406 e. The van der Waals surface area contributed by atoms with Gasteiger partial charge >= 0.3 is 6.18 Å². The van der Waals surface area contributed by atoms with Gasteiger partial charge in [-0.1, -0.05) is 12.1 Å². The molecule has 0 bridgehead atoms. The SMILES string of the molecule is CCN(c1cccc(CO)c1)[C@@H]1CCN(CC(F)(F)F)C1=O. The summed E-state index contributed by atoms with van der Waals surface area (Å²) in [5.41, 5.74) is 1.44. The molecule has 1 N–H and O–H groups in total. The molecule has 1 heterocycles. The van der Waals surface area contributed by atoms with E-state index in [0.29, 0.717) is 18.5 Å². The molecular formula is C15H19F3N2O2. The maximum Gasteiger partial charge on any atom is 0.406 e. The van der Waals surface area contributed by atoms with Crippen molar-refractivity contribution in [2.75, 3.05) is 24.5 Å².